The van der Waals surface area contributed by atoms with Crippen LogP contribution in [-0.4, -0.2) is 10.9 Å². The molecule has 6 heteroatoms. The number of thiophene rings is 1. The minimum atomic E-state index is -0.0868. The summed E-state index contributed by atoms with van der Waals surface area (Å²) in [4.78, 5) is 17.2. The summed E-state index contributed by atoms with van der Waals surface area (Å²) in [5, 5.41) is 5.82. The molecule has 2 heterocycles. The zero-order valence-electron chi connectivity index (χ0n) is 9.94. The molecule has 1 N–H and O–H groups in total. The number of aryl methyl sites for hydroxylation is 1. The van der Waals surface area contributed by atoms with Gasteiger partial charge in [0.1, 0.15) is 0 Å². The maximum atomic E-state index is 12.0. The van der Waals surface area contributed by atoms with Gasteiger partial charge in [0.05, 0.1) is 30.3 Å². The molecule has 0 unspecified atom stereocenters. The van der Waals surface area contributed by atoms with Crippen LogP contribution in [0.3, 0.4) is 0 Å². The molecular weight excluding hydrogens is 344 g/mol. The van der Waals surface area contributed by atoms with Crippen molar-refractivity contribution in [3.63, 3.8) is 0 Å². The van der Waals surface area contributed by atoms with Crippen molar-refractivity contribution in [2.75, 3.05) is 5.32 Å². The average Bonchev–Trinajstić information content (AvgIpc) is 3.01. The first kappa shape index (κ1) is 12.8. The van der Waals surface area contributed by atoms with E-state index in [0.29, 0.717) is 4.88 Å². The molecule has 0 aliphatic rings. The van der Waals surface area contributed by atoms with Gasteiger partial charge in [0.2, 0.25) is 0 Å². The number of hydrogen-bond acceptors (Lipinski definition) is 4. The van der Waals surface area contributed by atoms with Gasteiger partial charge in [-0.05, 0) is 46.4 Å². The molecule has 0 saturated carbocycles. The molecule has 3 rings (SSSR count). The number of anilines is 1. The van der Waals surface area contributed by atoms with Crippen LogP contribution in [-0.2, 0) is 0 Å². The summed E-state index contributed by atoms with van der Waals surface area (Å²) >= 11 is 6.58. The Labute approximate surface area is 126 Å². The number of fused-ring (bicyclic) bond motifs is 1. The summed E-state index contributed by atoms with van der Waals surface area (Å²) in [5.41, 5.74) is 1.72. The summed E-state index contributed by atoms with van der Waals surface area (Å²) < 4.78 is 1.95. The monoisotopic (exact) mass is 352 g/mol. The minimum absolute atomic E-state index is 0.0868. The molecule has 0 atom stereocenters. The molecule has 3 aromatic rings. The van der Waals surface area contributed by atoms with Crippen LogP contribution in [0.5, 0.6) is 0 Å². The molecule has 0 fully saturated rings. The Balaban J connectivity index is 1.97. The fraction of sp³-hybridized carbons (Fsp3) is 0.0769. The van der Waals surface area contributed by atoms with E-state index in [9.17, 15) is 4.79 Å². The first-order valence-electron chi connectivity index (χ1n) is 5.55. The Morgan fingerprint density at radius 3 is 2.95 bits per heavy atom. The van der Waals surface area contributed by atoms with Crippen molar-refractivity contribution in [2.24, 2.45) is 0 Å². The quantitative estimate of drug-likeness (QED) is 0.727. The SMILES string of the molecule is Cc1nc2ccc(NC(=O)c3cccs3)c(Br)c2s1. The number of aromatic nitrogens is 1. The molecule has 1 aromatic carbocycles. The Morgan fingerprint density at radius 2 is 2.21 bits per heavy atom. The van der Waals surface area contributed by atoms with E-state index < -0.39 is 0 Å². The van der Waals surface area contributed by atoms with Gasteiger partial charge < -0.3 is 5.32 Å². The first-order valence-corrected chi connectivity index (χ1v) is 8.04. The van der Waals surface area contributed by atoms with Gasteiger partial charge >= 0.3 is 0 Å². The lowest BCUT2D eigenvalue weighted by atomic mass is 10.3. The smallest absolute Gasteiger partial charge is 0.265 e. The zero-order chi connectivity index (χ0) is 13.4. The van der Waals surface area contributed by atoms with Gasteiger partial charge in [0.15, 0.2) is 0 Å². The standard InChI is InChI=1S/C13H9BrN2OS2/c1-7-15-9-5-4-8(11(14)12(9)19-7)16-13(17)10-3-2-6-18-10/h2-6H,1H3,(H,16,17). The number of carbonyl (C=O) groups is 1. The summed E-state index contributed by atoms with van der Waals surface area (Å²) in [6, 6.07) is 7.47. The number of nitrogens with zero attached hydrogens (tertiary/aromatic N) is 1. The van der Waals surface area contributed by atoms with E-state index in [1.807, 2.05) is 36.6 Å². The summed E-state index contributed by atoms with van der Waals surface area (Å²) in [7, 11) is 0. The second kappa shape index (κ2) is 5.03. The van der Waals surface area contributed by atoms with E-state index >= 15 is 0 Å². The second-order valence-corrected chi connectivity index (χ2v) is 6.88. The third-order valence-electron chi connectivity index (χ3n) is 2.60. The molecule has 0 spiro atoms. The summed E-state index contributed by atoms with van der Waals surface area (Å²) in [6.07, 6.45) is 0. The Bertz CT molecular complexity index is 749. The maximum Gasteiger partial charge on any atom is 0.265 e. The lowest BCUT2D eigenvalue weighted by molar-refractivity contribution is 0.103. The van der Waals surface area contributed by atoms with Crippen molar-refractivity contribution in [3.8, 4) is 0 Å². The highest BCUT2D eigenvalue weighted by Gasteiger charge is 2.12. The lowest BCUT2D eigenvalue weighted by Gasteiger charge is -2.06. The number of nitrogens with one attached hydrogen (secondary N) is 1. The molecule has 0 radical (unpaired) electrons. The normalized spacial score (nSPS) is 10.8. The highest BCUT2D eigenvalue weighted by molar-refractivity contribution is 9.10. The van der Waals surface area contributed by atoms with Gasteiger partial charge in [-0.15, -0.1) is 22.7 Å². The fourth-order valence-electron chi connectivity index (χ4n) is 1.76. The first-order chi connectivity index (χ1) is 9.15. The lowest BCUT2D eigenvalue weighted by Crippen LogP contribution is -2.10. The van der Waals surface area contributed by atoms with Gasteiger partial charge in [-0.25, -0.2) is 4.98 Å². The molecule has 0 saturated heterocycles. The predicted molar refractivity (Wildman–Crippen MR) is 84.3 cm³/mol. The van der Waals surface area contributed by atoms with Crippen molar-refractivity contribution in [1.82, 2.24) is 4.98 Å². The van der Waals surface area contributed by atoms with E-state index in [1.54, 1.807) is 11.3 Å². The van der Waals surface area contributed by atoms with Crippen molar-refractivity contribution in [1.29, 1.82) is 0 Å². The summed E-state index contributed by atoms with van der Waals surface area (Å²) in [5.74, 6) is -0.0868. The molecule has 0 aliphatic carbocycles. The minimum Gasteiger partial charge on any atom is -0.320 e. The molecule has 96 valence electrons. The largest absolute Gasteiger partial charge is 0.320 e. The van der Waals surface area contributed by atoms with Crippen molar-refractivity contribution < 1.29 is 4.79 Å². The third kappa shape index (κ3) is 2.43. The van der Waals surface area contributed by atoms with Gasteiger partial charge in [-0.1, -0.05) is 6.07 Å². The van der Waals surface area contributed by atoms with Crippen LogP contribution in [0.2, 0.25) is 0 Å². The molecule has 2 aromatic heterocycles. The van der Waals surface area contributed by atoms with Crippen LogP contribution in [0, 0.1) is 6.92 Å². The van der Waals surface area contributed by atoms with Crippen molar-refractivity contribution in [3.05, 3.63) is 44.0 Å². The molecule has 1 amide bonds. The number of carbonyl (C=O) groups excluding carboxylic acids is 1. The Morgan fingerprint density at radius 1 is 1.37 bits per heavy atom. The number of hydrogen-bond donors (Lipinski definition) is 1. The van der Waals surface area contributed by atoms with Crippen LogP contribution >= 0.6 is 38.6 Å². The molecular formula is C13H9BrN2OS2. The van der Waals surface area contributed by atoms with E-state index in [4.69, 9.17) is 0 Å². The van der Waals surface area contributed by atoms with Gasteiger partial charge in [-0.2, -0.15) is 0 Å². The number of benzene rings is 1. The summed E-state index contributed by atoms with van der Waals surface area (Å²) in [6.45, 7) is 1.97. The van der Waals surface area contributed by atoms with E-state index in [1.165, 1.54) is 11.3 Å². The van der Waals surface area contributed by atoms with Crippen LogP contribution < -0.4 is 5.32 Å². The second-order valence-electron chi connectivity index (χ2n) is 3.94. The van der Waals surface area contributed by atoms with Crippen LogP contribution in [0.15, 0.2) is 34.1 Å². The Kier molecular flexibility index (Phi) is 3.38. The zero-order valence-corrected chi connectivity index (χ0v) is 13.2. The predicted octanol–water partition coefficient (Wildman–Crippen LogP) is 4.68. The highest BCUT2D eigenvalue weighted by Crippen LogP contribution is 2.35. The van der Waals surface area contributed by atoms with Crippen LogP contribution in [0.25, 0.3) is 10.2 Å². The maximum absolute atomic E-state index is 12.0. The molecule has 3 nitrogen and oxygen atoms in total. The number of rotatable bonds is 2. The Hall–Kier alpha value is -1.24. The van der Waals surface area contributed by atoms with Crippen molar-refractivity contribution >= 4 is 60.4 Å². The average molecular weight is 353 g/mol. The number of halogens is 1. The number of amides is 1. The van der Waals surface area contributed by atoms with E-state index in [2.05, 4.69) is 26.2 Å². The van der Waals surface area contributed by atoms with Crippen LogP contribution in [0.1, 0.15) is 14.7 Å². The van der Waals surface area contributed by atoms with E-state index in [-0.39, 0.29) is 5.91 Å². The van der Waals surface area contributed by atoms with Crippen molar-refractivity contribution in [2.45, 2.75) is 6.92 Å². The number of thiazole rings is 1. The molecule has 19 heavy (non-hydrogen) atoms. The van der Waals surface area contributed by atoms with Gasteiger partial charge in [0.25, 0.3) is 5.91 Å². The third-order valence-corrected chi connectivity index (χ3v) is 5.56. The highest BCUT2D eigenvalue weighted by atomic mass is 79.9. The van der Waals surface area contributed by atoms with E-state index in [0.717, 1.165) is 25.4 Å². The molecule has 0 aliphatic heterocycles. The fourth-order valence-corrected chi connectivity index (χ4v) is 3.91. The van der Waals surface area contributed by atoms with Crippen LogP contribution in [0.4, 0.5) is 5.69 Å². The molecule has 0 bridgehead atoms. The van der Waals surface area contributed by atoms with Gasteiger partial charge in [0, 0.05) is 0 Å². The topological polar surface area (TPSA) is 42.0 Å². The van der Waals surface area contributed by atoms with Gasteiger partial charge in [-0.3, -0.25) is 4.79 Å².